The summed E-state index contributed by atoms with van der Waals surface area (Å²) in [4.78, 5) is 5.74. The summed E-state index contributed by atoms with van der Waals surface area (Å²) in [5.41, 5.74) is 5.42. The van der Waals surface area contributed by atoms with Gasteiger partial charge in [0.1, 0.15) is 0 Å². The van der Waals surface area contributed by atoms with Crippen molar-refractivity contribution >= 4 is 40.2 Å². The van der Waals surface area contributed by atoms with Crippen molar-refractivity contribution in [3.05, 3.63) is 67.8 Å². The van der Waals surface area contributed by atoms with E-state index >= 15 is 0 Å². The van der Waals surface area contributed by atoms with E-state index in [9.17, 15) is 0 Å². The highest BCUT2D eigenvalue weighted by Gasteiger charge is 2.09. The maximum atomic E-state index is 6.33. The Morgan fingerprint density at radius 3 is 2.61 bits per heavy atom. The van der Waals surface area contributed by atoms with Crippen LogP contribution in [0, 0.1) is 13.8 Å². The molecule has 118 valence electrons. The second-order valence-corrected chi connectivity index (χ2v) is 7.10. The largest absolute Gasteiger partial charge is 0.319 e. The molecule has 3 aromatic rings. The number of halogens is 2. The third-order valence-electron chi connectivity index (χ3n) is 3.92. The van der Waals surface area contributed by atoms with Gasteiger partial charge in [-0.3, -0.25) is 0 Å². The lowest BCUT2D eigenvalue weighted by atomic mass is 10.1. The molecule has 0 amide bonds. The monoisotopic (exact) mass is 362 g/mol. The van der Waals surface area contributed by atoms with E-state index in [2.05, 4.69) is 29.9 Å². The Labute approximate surface area is 149 Å². The number of aryl methyl sites for hydroxylation is 1. The minimum absolute atomic E-state index is 0.636. The van der Waals surface area contributed by atoms with E-state index in [1.165, 1.54) is 11.1 Å². The van der Waals surface area contributed by atoms with E-state index in [0.717, 1.165) is 21.7 Å². The van der Waals surface area contributed by atoms with E-state index in [0.29, 0.717) is 10.0 Å². The van der Waals surface area contributed by atoms with Crippen LogP contribution in [0.25, 0.3) is 11.3 Å². The van der Waals surface area contributed by atoms with Crippen molar-refractivity contribution in [2.45, 2.75) is 13.8 Å². The molecule has 23 heavy (non-hydrogen) atoms. The van der Waals surface area contributed by atoms with Gasteiger partial charge >= 0.3 is 0 Å². The van der Waals surface area contributed by atoms with Gasteiger partial charge in [0.2, 0.25) is 0 Å². The minimum atomic E-state index is 0.636. The van der Waals surface area contributed by atoms with Gasteiger partial charge in [0.25, 0.3) is 0 Å². The Morgan fingerprint density at radius 1 is 1.09 bits per heavy atom. The van der Waals surface area contributed by atoms with Crippen LogP contribution in [0.4, 0.5) is 5.69 Å². The highest BCUT2D eigenvalue weighted by Crippen LogP contribution is 2.30. The lowest BCUT2D eigenvalue weighted by Crippen LogP contribution is -2.11. The molecule has 0 saturated carbocycles. The van der Waals surface area contributed by atoms with E-state index in [-0.39, 0.29) is 0 Å². The molecule has 5 heteroatoms. The highest BCUT2D eigenvalue weighted by molar-refractivity contribution is 7.07. The second-order valence-electron chi connectivity index (χ2n) is 5.42. The molecule has 0 spiro atoms. The molecular formula is C18H16Cl2N2S. The lowest BCUT2D eigenvalue weighted by Gasteiger charge is -2.06. The molecule has 1 aromatic heterocycles. The van der Waals surface area contributed by atoms with Crippen molar-refractivity contribution in [2.24, 2.45) is 12.0 Å². The topological polar surface area (TPSA) is 17.3 Å². The van der Waals surface area contributed by atoms with Gasteiger partial charge in [0.15, 0.2) is 4.80 Å². The molecular weight excluding hydrogens is 347 g/mol. The second kappa shape index (κ2) is 6.52. The van der Waals surface area contributed by atoms with Crippen molar-refractivity contribution in [2.75, 3.05) is 0 Å². The van der Waals surface area contributed by atoms with Crippen molar-refractivity contribution in [1.82, 2.24) is 4.57 Å². The maximum absolute atomic E-state index is 6.33. The van der Waals surface area contributed by atoms with Gasteiger partial charge in [-0.15, -0.1) is 11.3 Å². The van der Waals surface area contributed by atoms with Gasteiger partial charge in [0.05, 0.1) is 16.4 Å². The number of hydrogen-bond acceptors (Lipinski definition) is 2. The van der Waals surface area contributed by atoms with Crippen LogP contribution < -0.4 is 4.80 Å². The van der Waals surface area contributed by atoms with Crippen molar-refractivity contribution in [3.8, 4) is 11.3 Å². The van der Waals surface area contributed by atoms with Crippen LogP contribution in [0.1, 0.15) is 11.1 Å². The van der Waals surface area contributed by atoms with Crippen LogP contribution in [0.3, 0.4) is 0 Å². The number of aromatic nitrogens is 1. The molecule has 0 bridgehead atoms. The standard InChI is InChI=1S/C18H16Cl2N2S/c1-11-5-4-6-16(12(11)2)21-18-22(3)17(10-23-18)14-8-7-13(19)9-15(14)20/h4-10H,1-3H3. The zero-order valence-corrected chi connectivity index (χ0v) is 15.4. The van der Waals surface area contributed by atoms with Crippen LogP contribution in [-0.2, 0) is 7.05 Å². The number of benzene rings is 2. The average Bonchev–Trinajstić information content (AvgIpc) is 2.85. The number of rotatable bonds is 2. The summed E-state index contributed by atoms with van der Waals surface area (Å²) in [6.07, 6.45) is 0. The summed E-state index contributed by atoms with van der Waals surface area (Å²) in [7, 11) is 2.00. The Morgan fingerprint density at radius 2 is 1.87 bits per heavy atom. The van der Waals surface area contributed by atoms with E-state index in [1.807, 2.05) is 31.3 Å². The third kappa shape index (κ3) is 3.23. The fraction of sp³-hybridized carbons (Fsp3) is 0.167. The van der Waals surface area contributed by atoms with Gasteiger partial charge < -0.3 is 4.57 Å². The summed E-state index contributed by atoms with van der Waals surface area (Å²) in [5.74, 6) is 0. The summed E-state index contributed by atoms with van der Waals surface area (Å²) in [6.45, 7) is 4.19. The van der Waals surface area contributed by atoms with Crippen LogP contribution in [0.2, 0.25) is 10.0 Å². The molecule has 0 N–H and O–H groups in total. The predicted molar refractivity (Wildman–Crippen MR) is 99.9 cm³/mol. The number of thiazole rings is 1. The quantitative estimate of drug-likeness (QED) is 0.539. The first-order valence-corrected chi connectivity index (χ1v) is 8.82. The molecule has 3 rings (SSSR count). The van der Waals surface area contributed by atoms with Gasteiger partial charge in [-0.05, 0) is 49.2 Å². The third-order valence-corrected chi connectivity index (χ3v) is 5.39. The number of nitrogens with zero attached hydrogens (tertiary/aromatic N) is 2. The molecule has 0 fully saturated rings. The summed E-state index contributed by atoms with van der Waals surface area (Å²) >= 11 is 13.9. The molecule has 2 nitrogen and oxygen atoms in total. The van der Waals surface area contributed by atoms with Gasteiger partial charge in [-0.1, -0.05) is 35.3 Å². The first kappa shape index (κ1) is 16.3. The predicted octanol–water partition coefficient (Wildman–Crippen LogP) is 5.91. The maximum Gasteiger partial charge on any atom is 0.190 e. The van der Waals surface area contributed by atoms with Gasteiger partial charge in [0, 0.05) is 23.0 Å². The SMILES string of the molecule is Cc1cccc(N=c2scc(-c3ccc(Cl)cc3Cl)n2C)c1C. The lowest BCUT2D eigenvalue weighted by molar-refractivity contribution is 0.882. The van der Waals surface area contributed by atoms with Crippen molar-refractivity contribution < 1.29 is 0 Å². The fourth-order valence-electron chi connectivity index (χ4n) is 2.37. The summed E-state index contributed by atoms with van der Waals surface area (Å²) in [6, 6.07) is 11.7. The van der Waals surface area contributed by atoms with Gasteiger partial charge in [-0.2, -0.15) is 0 Å². The van der Waals surface area contributed by atoms with Gasteiger partial charge in [-0.25, -0.2) is 4.99 Å². The van der Waals surface area contributed by atoms with Crippen LogP contribution in [0.15, 0.2) is 46.8 Å². The Bertz CT molecular complexity index is 938. The normalized spacial score (nSPS) is 12.0. The molecule has 0 unspecified atom stereocenters. The zero-order valence-electron chi connectivity index (χ0n) is 13.1. The van der Waals surface area contributed by atoms with Crippen molar-refractivity contribution in [1.29, 1.82) is 0 Å². The smallest absolute Gasteiger partial charge is 0.190 e. The number of hydrogen-bond donors (Lipinski definition) is 0. The fourth-order valence-corrected chi connectivity index (χ4v) is 3.79. The Hall–Kier alpha value is -1.55. The van der Waals surface area contributed by atoms with Crippen LogP contribution in [0.5, 0.6) is 0 Å². The first-order chi connectivity index (χ1) is 11.0. The molecule has 0 atom stereocenters. The van der Waals surface area contributed by atoms with Crippen LogP contribution in [-0.4, -0.2) is 4.57 Å². The molecule has 1 heterocycles. The molecule has 0 saturated heterocycles. The minimum Gasteiger partial charge on any atom is -0.319 e. The molecule has 0 aliphatic heterocycles. The zero-order chi connectivity index (χ0) is 16.6. The van der Waals surface area contributed by atoms with E-state index < -0.39 is 0 Å². The highest BCUT2D eigenvalue weighted by atomic mass is 35.5. The average molecular weight is 363 g/mol. The van der Waals surface area contributed by atoms with Crippen molar-refractivity contribution in [3.63, 3.8) is 0 Å². The first-order valence-electron chi connectivity index (χ1n) is 7.18. The molecule has 0 radical (unpaired) electrons. The Kier molecular flexibility index (Phi) is 4.62. The molecule has 2 aromatic carbocycles. The Balaban J connectivity index is 2.12. The van der Waals surface area contributed by atoms with Crippen LogP contribution >= 0.6 is 34.5 Å². The van der Waals surface area contributed by atoms with E-state index in [1.54, 1.807) is 17.4 Å². The molecule has 0 aliphatic rings. The summed E-state index contributed by atoms with van der Waals surface area (Å²) < 4.78 is 2.06. The van der Waals surface area contributed by atoms with E-state index in [4.69, 9.17) is 28.2 Å². The molecule has 0 aliphatic carbocycles. The summed E-state index contributed by atoms with van der Waals surface area (Å²) in [5, 5.41) is 3.35.